The second-order valence-electron chi connectivity index (χ2n) is 7.44. The number of benzene rings is 1. The van der Waals surface area contributed by atoms with Crippen molar-refractivity contribution in [2.24, 2.45) is 5.92 Å². The second-order valence-corrected chi connectivity index (χ2v) is 7.44. The van der Waals surface area contributed by atoms with Gasteiger partial charge in [0, 0.05) is 38.2 Å². The predicted octanol–water partition coefficient (Wildman–Crippen LogP) is 2.84. The van der Waals surface area contributed by atoms with Crippen LogP contribution in [0, 0.1) is 5.92 Å². The van der Waals surface area contributed by atoms with Gasteiger partial charge >= 0.3 is 0 Å². The fraction of sp³-hybridized carbons (Fsp3) is 0.476. The SMILES string of the molecule is O=C(c1ccno1)N1CCCC(COc2ccccc2C(=O)N2CCCC2)C1. The molecule has 2 amide bonds. The summed E-state index contributed by atoms with van der Waals surface area (Å²) in [6, 6.07) is 9.02. The number of hydrogen-bond acceptors (Lipinski definition) is 5. The van der Waals surface area contributed by atoms with E-state index in [1.54, 1.807) is 11.0 Å². The van der Waals surface area contributed by atoms with Crippen molar-refractivity contribution in [3.05, 3.63) is 47.9 Å². The van der Waals surface area contributed by atoms with Crippen LogP contribution in [0.5, 0.6) is 5.75 Å². The van der Waals surface area contributed by atoms with Gasteiger partial charge in [-0.3, -0.25) is 9.59 Å². The van der Waals surface area contributed by atoms with E-state index in [9.17, 15) is 9.59 Å². The maximum absolute atomic E-state index is 12.8. The standard InChI is InChI=1S/C21H25N3O4/c25-20(23-11-3-4-12-23)17-7-1-2-8-18(17)27-15-16-6-5-13-24(14-16)21(26)19-9-10-22-28-19/h1-2,7-10,16H,3-6,11-15H2. The van der Waals surface area contributed by atoms with Crippen LogP contribution in [-0.2, 0) is 0 Å². The van der Waals surface area contributed by atoms with Crippen LogP contribution in [0.3, 0.4) is 0 Å². The molecular weight excluding hydrogens is 358 g/mol. The molecule has 1 aromatic carbocycles. The number of nitrogens with zero attached hydrogens (tertiary/aromatic N) is 3. The normalized spacial score (nSPS) is 19.6. The topological polar surface area (TPSA) is 75.9 Å². The molecular formula is C21H25N3O4. The van der Waals surface area contributed by atoms with Crippen molar-refractivity contribution in [2.45, 2.75) is 25.7 Å². The van der Waals surface area contributed by atoms with Gasteiger partial charge in [0.25, 0.3) is 11.8 Å². The Kier molecular flexibility index (Phi) is 5.60. The Morgan fingerprint density at radius 2 is 1.82 bits per heavy atom. The summed E-state index contributed by atoms with van der Waals surface area (Å²) in [6.45, 7) is 3.43. The van der Waals surface area contributed by atoms with Crippen LogP contribution in [0.25, 0.3) is 0 Å². The largest absolute Gasteiger partial charge is 0.492 e. The molecule has 0 aliphatic carbocycles. The van der Waals surface area contributed by atoms with E-state index < -0.39 is 0 Å². The zero-order valence-corrected chi connectivity index (χ0v) is 15.9. The summed E-state index contributed by atoms with van der Waals surface area (Å²) in [5.74, 6) is 1.02. The van der Waals surface area contributed by atoms with Crippen LogP contribution in [0.15, 0.2) is 41.1 Å². The minimum absolute atomic E-state index is 0.0406. The number of rotatable bonds is 5. The number of carbonyl (C=O) groups is 2. The van der Waals surface area contributed by atoms with E-state index in [1.165, 1.54) is 6.20 Å². The number of ether oxygens (including phenoxy) is 1. The van der Waals surface area contributed by atoms with Crippen molar-refractivity contribution in [2.75, 3.05) is 32.8 Å². The number of amides is 2. The second kappa shape index (κ2) is 8.46. The average molecular weight is 383 g/mol. The molecule has 7 nitrogen and oxygen atoms in total. The van der Waals surface area contributed by atoms with E-state index >= 15 is 0 Å². The van der Waals surface area contributed by atoms with Gasteiger partial charge in [0.15, 0.2) is 0 Å². The molecule has 7 heteroatoms. The van der Waals surface area contributed by atoms with Gasteiger partial charge in [-0.25, -0.2) is 0 Å². The molecule has 2 aromatic rings. The van der Waals surface area contributed by atoms with E-state index in [1.807, 2.05) is 29.2 Å². The third-order valence-electron chi connectivity index (χ3n) is 5.44. The lowest BCUT2D eigenvalue weighted by Crippen LogP contribution is -2.41. The third kappa shape index (κ3) is 4.03. The predicted molar refractivity (Wildman–Crippen MR) is 102 cm³/mol. The molecule has 1 atom stereocenters. The average Bonchev–Trinajstić information content (AvgIpc) is 3.46. The third-order valence-corrected chi connectivity index (χ3v) is 5.44. The Labute approximate surface area is 164 Å². The Morgan fingerprint density at radius 3 is 2.61 bits per heavy atom. The maximum Gasteiger partial charge on any atom is 0.292 e. The lowest BCUT2D eigenvalue weighted by Gasteiger charge is -2.32. The van der Waals surface area contributed by atoms with Gasteiger partial charge in [-0.2, -0.15) is 0 Å². The highest BCUT2D eigenvalue weighted by atomic mass is 16.5. The van der Waals surface area contributed by atoms with Crippen molar-refractivity contribution in [3.8, 4) is 5.75 Å². The fourth-order valence-electron chi connectivity index (χ4n) is 3.93. The summed E-state index contributed by atoms with van der Waals surface area (Å²) < 4.78 is 11.0. The van der Waals surface area contributed by atoms with Gasteiger partial charge < -0.3 is 19.1 Å². The van der Waals surface area contributed by atoms with Crippen LogP contribution >= 0.6 is 0 Å². The lowest BCUT2D eigenvalue weighted by molar-refractivity contribution is 0.0592. The monoisotopic (exact) mass is 383 g/mol. The summed E-state index contributed by atoms with van der Waals surface area (Å²) in [7, 11) is 0. The molecule has 0 N–H and O–H groups in total. The highest BCUT2D eigenvalue weighted by molar-refractivity contribution is 5.97. The Balaban J connectivity index is 1.38. The quantitative estimate of drug-likeness (QED) is 0.794. The minimum atomic E-state index is -0.133. The van der Waals surface area contributed by atoms with Crippen molar-refractivity contribution in [3.63, 3.8) is 0 Å². The molecule has 2 aliphatic heterocycles. The smallest absolute Gasteiger partial charge is 0.292 e. The van der Waals surface area contributed by atoms with E-state index in [2.05, 4.69) is 5.16 Å². The zero-order valence-electron chi connectivity index (χ0n) is 15.9. The minimum Gasteiger partial charge on any atom is -0.492 e. The van der Waals surface area contributed by atoms with E-state index in [4.69, 9.17) is 9.26 Å². The van der Waals surface area contributed by atoms with Crippen LogP contribution in [0.2, 0.25) is 0 Å². The summed E-state index contributed by atoms with van der Waals surface area (Å²) in [5.41, 5.74) is 0.620. The first-order valence-electron chi connectivity index (χ1n) is 9.93. The van der Waals surface area contributed by atoms with Gasteiger partial charge in [0.05, 0.1) is 18.4 Å². The fourth-order valence-corrected chi connectivity index (χ4v) is 3.93. The van der Waals surface area contributed by atoms with Gasteiger partial charge in [-0.1, -0.05) is 17.3 Å². The van der Waals surface area contributed by atoms with Crippen molar-refractivity contribution >= 4 is 11.8 Å². The van der Waals surface area contributed by atoms with Gasteiger partial charge in [-0.15, -0.1) is 0 Å². The molecule has 3 heterocycles. The Hall–Kier alpha value is -2.83. The molecule has 2 saturated heterocycles. The highest BCUT2D eigenvalue weighted by Gasteiger charge is 2.27. The molecule has 0 radical (unpaired) electrons. The summed E-state index contributed by atoms with van der Waals surface area (Å²) >= 11 is 0. The first-order chi connectivity index (χ1) is 13.7. The zero-order chi connectivity index (χ0) is 19.3. The summed E-state index contributed by atoms with van der Waals surface area (Å²) in [4.78, 5) is 28.9. The van der Waals surface area contributed by atoms with Crippen molar-refractivity contribution in [1.82, 2.24) is 15.0 Å². The van der Waals surface area contributed by atoms with Crippen LogP contribution in [0.4, 0.5) is 0 Å². The maximum atomic E-state index is 12.8. The molecule has 1 aromatic heterocycles. The number of carbonyl (C=O) groups excluding carboxylic acids is 2. The van der Waals surface area contributed by atoms with E-state index in [0.29, 0.717) is 31.0 Å². The number of hydrogen-bond donors (Lipinski definition) is 0. The Bertz CT molecular complexity index is 815. The first kappa shape index (κ1) is 18.5. The highest BCUT2D eigenvalue weighted by Crippen LogP contribution is 2.25. The molecule has 2 fully saturated rings. The summed E-state index contributed by atoms with van der Waals surface area (Å²) in [6.07, 6.45) is 5.51. The Morgan fingerprint density at radius 1 is 1.04 bits per heavy atom. The van der Waals surface area contributed by atoms with Crippen molar-refractivity contribution in [1.29, 1.82) is 0 Å². The van der Waals surface area contributed by atoms with Gasteiger partial charge in [0.1, 0.15) is 5.75 Å². The van der Waals surface area contributed by atoms with E-state index in [0.717, 1.165) is 38.8 Å². The first-order valence-corrected chi connectivity index (χ1v) is 9.93. The van der Waals surface area contributed by atoms with Gasteiger partial charge in [-0.05, 0) is 37.8 Å². The number of aromatic nitrogens is 1. The molecule has 0 bridgehead atoms. The molecule has 2 aliphatic rings. The van der Waals surface area contributed by atoms with Crippen LogP contribution < -0.4 is 4.74 Å². The molecule has 28 heavy (non-hydrogen) atoms. The van der Waals surface area contributed by atoms with Crippen LogP contribution in [-0.4, -0.2) is 59.6 Å². The number of likely N-dealkylation sites (tertiary alicyclic amines) is 2. The summed E-state index contributed by atoms with van der Waals surface area (Å²) in [5, 5.41) is 3.61. The lowest BCUT2D eigenvalue weighted by atomic mass is 9.98. The van der Waals surface area contributed by atoms with Crippen LogP contribution in [0.1, 0.15) is 46.6 Å². The molecule has 0 spiro atoms. The molecule has 4 rings (SSSR count). The molecule has 0 saturated carbocycles. The molecule has 1 unspecified atom stereocenters. The number of para-hydroxylation sites is 1. The molecule has 148 valence electrons. The number of piperidine rings is 1. The van der Waals surface area contributed by atoms with Gasteiger partial charge in [0.2, 0.25) is 5.76 Å². The van der Waals surface area contributed by atoms with E-state index in [-0.39, 0.29) is 23.5 Å². The van der Waals surface area contributed by atoms with Crippen molar-refractivity contribution < 1.29 is 18.8 Å².